The van der Waals surface area contributed by atoms with Crippen LogP contribution in [0.3, 0.4) is 0 Å². The molecule has 5 nitrogen and oxygen atoms in total. The van der Waals surface area contributed by atoms with Crippen LogP contribution in [-0.2, 0) is 17.8 Å². The summed E-state index contributed by atoms with van der Waals surface area (Å²) >= 11 is 1.63. The normalized spacial score (nSPS) is 10.6. The van der Waals surface area contributed by atoms with E-state index in [1.54, 1.807) is 35.1 Å². The zero-order valence-corrected chi connectivity index (χ0v) is 11.9. The number of thiazole rings is 1. The zero-order valence-electron chi connectivity index (χ0n) is 11.0. The topological polar surface area (TPSA) is 56.1 Å². The van der Waals surface area contributed by atoms with Crippen molar-refractivity contribution in [1.29, 1.82) is 0 Å². The maximum atomic E-state index is 11.6. The van der Waals surface area contributed by atoms with Crippen LogP contribution in [0.1, 0.15) is 10.6 Å². The molecular formula is C13H17N3O2S. The molecule has 2 aromatic rings. The average molecular weight is 279 g/mol. The number of nitrogens with one attached hydrogen (secondary N) is 1. The van der Waals surface area contributed by atoms with E-state index in [0.29, 0.717) is 13.2 Å². The van der Waals surface area contributed by atoms with Crippen molar-refractivity contribution in [3.8, 4) is 0 Å². The van der Waals surface area contributed by atoms with Crippen molar-refractivity contribution < 1.29 is 4.74 Å². The third kappa shape index (κ3) is 3.65. The van der Waals surface area contributed by atoms with Crippen LogP contribution in [0.2, 0.25) is 0 Å². The van der Waals surface area contributed by atoms with Gasteiger partial charge >= 0.3 is 0 Å². The van der Waals surface area contributed by atoms with Crippen LogP contribution in [-0.4, -0.2) is 23.3 Å². The molecule has 0 aliphatic rings. The molecule has 0 saturated carbocycles. The minimum atomic E-state index is -0.0171. The third-order valence-electron chi connectivity index (χ3n) is 2.82. The van der Waals surface area contributed by atoms with Gasteiger partial charge in [-0.05, 0) is 13.0 Å². The van der Waals surface area contributed by atoms with E-state index in [0.717, 1.165) is 17.9 Å². The fraction of sp³-hybridized carbons (Fsp3) is 0.385. The fourth-order valence-electron chi connectivity index (χ4n) is 1.68. The van der Waals surface area contributed by atoms with E-state index in [9.17, 15) is 4.79 Å². The molecule has 0 fully saturated rings. The second-order valence-corrected chi connectivity index (χ2v) is 5.10. The maximum absolute atomic E-state index is 11.6. The van der Waals surface area contributed by atoms with Gasteiger partial charge in [0, 0.05) is 30.8 Å². The first kappa shape index (κ1) is 13.8. The lowest BCUT2D eigenvalue weighted by Gasteiger charge is -2.09. The van der Waals surface area contributed by atoms with Crippen LogP contribution in [0.25, 0.3) is 0 Å². The van der Waals surface area contributed by atoms with Crippen molar-refractivity contribution in [1.82, 2.24) is 9.55 Å². The Morgan fingerprint density at radius 2 is 2.32 bits per heavy atom. The smallest absolute Gasteiger partial charge is 0.250 e. The number of pyridine rings is 1. The molecule has 0 aliphatic carbocycles. The average Bonchev–Trinajstić information content (AvgIpc) is 2.82. The molecule has 2 heterocycles. The zero-order chi connectivity index (χ0) is 13.7. The summed E-state index contributed by atoms with van der Waals surface area (Å²) in [7, 11) is 1.62. The highest BCUT2D eigenvalue weighted by molar-refractivity contribution is 7.09. The molecule has 102 valence electrons. The summed E-state index contributed by atoms with van der Waals surface area (Å²) in [6.07, 6.45) is 1.82. The number of anilines is 1. The lowest BCUT2D eigenvalue weighted by Crippen LogP contribution is -2.21. The SMILES string of the molecule is COCCn1cc(NCc2scnc2C)ccc1=O. The largest absolute Gasteiger partial charge is 0.383 e. The van der Waals surface area contributed by atoms with Crippen molar-refractivity contribution in [3.63, 3.8) is 0 Å². The van der Waals surface area contributed by atoms with Gasteiger partial charge in [0.15, 0.2) is 0 Å². The molecule has 0 spiro atoms. The number of methoxy groups -OCH3 is 1. The highest BCUT2D eigenvalue weighted by Gasteiger charge is 2.02. The molecule has 1 N–H and O–H groups in total. The van der Waals surface area contributed by atoms with E-state index < -0.39 is 0 Å². The molecule has 19 heavy (non-hydrogen) atoms. The molecular weight excluding hydrogens is 262 g/mol. The predicted molar refractivity (Wildman–Crippen MR) is 76.8 cm³/mol. The van der Waals surface area contributed by atoms with Gasteiger partial charge in [-0.2, -0.15) is 0 Å². The van der Waals surface area contributed by atoms with Gasteiger partial charge in [-0.1, -0.05) is 0 Å². The Morgan fingerprint density at radius 3 is 3.00 bits per heavy atom. The van der Waals surface area contributed by atoms with Gasteiger partial charge in [-0.3, -0.25) is 4.79 Å². The molecule has 2 rings (SSSR count). The van der Waals surface area contributed by atoms with Gasteiger partial charge in [0.2, 0.25) is 0 Å². The van der Waals surface area contributed by atoms with E-state index in [1.165, 1.54) is 4.88 Å². The van der Waals surface area contributed by atoms with Crippen LogP contribution in [0.5, 0.6) is 0 Å². The summed E-state index contributed by atoms with van der Waals surface area (Å²) in [5.74, 6) is 0. The first-order valence-corrected chi connectivity index (χ1v) is 6.91. The number of aromatic nitrogens is 2. The summed E-state index contributed by atoms with van der Waals surface area (Å²) in [6.45, 7) is 3.80. The third-order valence-corrected chi connectivity index (χ3v) is 3.75. The summed E-state index contributed by atoms with van der Waals surface area (Å²) in [5.41, 5.74) is 3.79. The van der Waals surface area contributed by atoms with Crippen molar-refractivity contribution in [3.05, 3.63) is 44.8 Å². The predicted octanol–water partition coefficient (Wildman–Crippen LogP) is 1.87. The maximum Gasteiger partial charge on any atom is 0.250 e. The molecule has 0 amide bonds. The second-order valence-electron chi connectivity index (χ2n) is 4.16. The van der Waals surface area contributed by atoms with Crippen molar-refractivity contribution >= 4 is 17.0 Å². The standard InChI is InChI=1S/C13H17N3O2S/c1-10-12(19-9-15-10)7-14-11-3-4-13(17)16(8-11)5-6-18-2/h3-4,8-9,14H,5-7H2,1-2H3. The van der Waals surface area contributed by atoms with Crippen molar-refractivity contribution in [2.45, 2.75) is 20.0 Å². The summed E-state index contributed by atoms with van der Waals surface area (Å²) in [5, 5.41) is 3.30. The molecule has 0 saturated heterocycles. The fourth-order valence-corrected chi connectivity index (χ4v) is 2.40. The number of rotatable bonds is 6. The van der Waals surface area contributed by atoms with Gasteiger partial charge in [0.25, 0.3) is 5.56 Å². The molecule has 0 unspecified atom stereocenters. The number of aryl methyl sites for hydroxylation is 1. The summed E-state index contributed by atoms with van der Waals surface area (Å²) < 4.78 is 6.63. The van der Waals surface area contributed by atoms with E-state index in [-0.39, 0.29) is 5.56 Å². The first-order valence-electron chi connectivity index (χ1n) is 6.03. The Morgan fingerprint density at radius 1 is 1.47 bits per heavy atom. The lowest BCUT2D eigenvalue weighted by atomic mass is 10.3. The molecule has 6 heteroatoms. The Bertz CT molecular complexity index is 592. The molecule has 2 aromatic heterocycles. The number of nitrogens with zero attached hydrogens (tertiary/aromatic N) is 2. The van der Waals surface area contributed by atoms with Crippen LogP contribution in [0.15, 0.2) is 28.6 Å². The van der Waals surface area contributed by atoms with E-state index in [2.05, 4.69) is 10.3 Å². The van der Waals surface area contributed by atoms with Crippen LogP contribution >= 0.6 is 11.3 Å². The number of hydrogen-bond acceptors (Lipinski definition) is 5. The summed E-state index contributed by atoms with van der Waals surface area (Å²) in [4.78, 5) is 17.0. The number of ether oxygens (including phenoxy) is 1. The Kier molecular flexibility index (Phi) is 4.70. The molecule has 0 atom stereocenters. The van der Waals surface area contributed by atoms with E-state index in [4.69, 9.17) is 4.74 Å². The quantitative estimate of drug-likeness (QED) is 0.877. The highest BCUT2D eigenvalue weighted by atomic mass is 32.1. The summed E-state index contributed by atoms with van der Waals surface area (Å²) in [6, 6.07) is 3.36. The lowest BCUT2D eigenvalue weighted by molar-refractivity contribution is 0.186. The minimum Gasteiger partial charge on any atom is -0.383 e. The molecule has 0 aromatic carbocycles. The van der Waals surface area contributed by atoms with Crippen molar-refractivity contribution in [2.24, 2.45) is 0 Å². The van der Waals surface area contributed by atoms with Gasteiger partial charge < -0.3 is 14.6 Å². The second kappa shape index (κ2) is 6.49. The molecule has 0 bridgehead atoms. The van der Waals surface area contributed by atoms with Crippen LogP contribution < -0.4 is 10.9 Å². The Hall–Kier alpha value is -1.66. The van der Waals surface area contributed by atoms with Gasteiger partial charge in [0.05, 0.1) is 30.0 Å². The van der Waals surface area contributed by atoms with Crippen molar-refractivity contribution in [2.75, 3.05) is 19.0 Å². The van der Waals surface area contributed by atoms with Gasteiger partial charge in [0.1, 0.15) is 0 Å². The van der Waals surface area contributed by atoms with E-state index >= 15 is 0 Å². The van der Waals surface area contributed by atoms with Crippen LogP contribution in [0, 0.1) is 6.92 Å². The van der Waals surface area contributed by atoms with Gasteiger partial charge in [-0.25, -0.2) is 4.98 Å². The minimum absolute atomic E-state index is 0.0171. The highest BCUT2D eigenvalue weighted by Crippen LogP contribution is 2.14. The number of hydrogen-bond donors (Lipinski definition) is 1. The molecule has 0 radical (unpaired) electrons. The monoisotopic (exact) mass is 279 g/mol. The molecule has 0 aliphatic heterocycles. The Balaban J connectivity index is 2.04. The Labute approximate surface area is 115 Å². The van der Waals surface area contributed by atoms with Gasteiger partial charge in [-0.15, -0.1) is 11.3 Å². The van der Waals surface area contributed by atoms with E-state index in [1.807, 2.05) is 18.6 Å². The van der Waals surface area contributed by atoms with Crippen LogP contribution in [0.4, 0.5) is 5.69 Å². The first-order chi connectivity index (χ1) is 9.20.